The average molecular weight is 253 g/mol. The Kier molecular flexibility index (Phi) is 4.64. The van der Waals surface area contributed by atoms with Crippen LogP contribution in [0.3, 0.4) is 0 Å². The molecule has 1 heterocycles. The Morgan fingerprint density at radius 1 is 1.56 bits per heavy atom. The Balaban J connectivity index is 2.79. The van der Waals surface area contributed by atoms with Gasteiger partial charge in [0, 0.05) is 13.2 Å². The molecule has 0 bridgehead atoms. The van der Waals surface area contributed by atoms with Crippen LogP contribution < -0.4 is 0 Å². The molecular formula is C14H23NO3. The van der Waals surface area contributed by atoms with Crippen LogP contribution >= 0.6 is 0 Å². The van der Waals surface area contributed by atoms with Gasteiger partial charge in [-0.2, -0.15) is 0 Å². The summed E-state index contributed by atoms with van der Waals surface area (Å²) in [5.41, 5.74) is -1.10. The number of aliphatic hydroxyl groups excluding tert-OH is 1. The molecule has 0 radical (unpaired) electrons. The van der Waals surface area contributed by atoms with Gasteiger partial charge in [0.2, 0.25) is 0 Å². The molecule has 4 nitrogen and oxygen atoms in total. The van der Waals surface area contributed by atoms with E-state index in [1.54, 1.807) is 4.90 Å². The Labute approximate surface area is 109 Å². The molecule has 0 aliphatic carbocycles. The number of likely N-dealkylation sites (tertiary alicyclic amines) is 1. The summed E-state index contributed by atoms with van der Waals surface area (Å²) in [4.78, 5) is 13.8. The molecule has 1 aliphatic rings. The minimum atomic E-state index is -0.578. The topological polar surface area (TPSA) is 49.8 Å². The third-order valence-corrected chi connectivity index (χ3v) is 3.12. The Hall–Kier alpha value is -1.21. The van der Waals surface area contributed by atoms with Crippen LogP contribution in [0, 0.1) is 12.3 Å². The van der Waals surface area contributed by atoms with Gasteiger partial charge in [0.1, 0.15) is 11.1 Å². The highest BCUT2D eigenvalue weighted by molar-refractivity contribution is 5.70. The van der Waals surface area contributed by atoms with Crippen molar-refractivity contribution in [1.82, 2.24) is 4.90 Å². The summed E-state index contributed by atoms with van der Waals surface area (Å²) in [7, 11) is 0. The fraction of sp³-hybridized carbons (Fsp3) is 0.786. The lowest BCUT2D eigenvalue weighted by molar-refractivity contribution is 0.0141. The van der Waals surface area contributed by atoms with Gasteiger partial charge in [0.05, 0.1) is 0 Å². The van der Waals surface area contributed by atoms with E-state index in [1.165, 1.54) is 0 Å². The van der Waals surface area contributed by atoms with Gasteiger partial charge in [-0.15, -0.1) is 6.42 Å². The lowest BCUT2D eigenvalue weighted by Gasteiger charge is -2.35. The van der Waals surface area contributed by atoms with Crippen molar-refractivity contribution in [2.45, 2.75) is 57.6 Å². The van der Waals surface area contributed by atoms with Gasteiger partial charge < -0.3 is 9.84 Å². The maximum absolute atomic E-state index is 12.1. The van der Waals surface area contributed by atoms with Crippen molar-refractivity contribution in [3.63, 3.8) is 0 Å². The summed E-state index contributed by atoms with van der Waals surface area (Å²) in [6.07, 6.45) is 8.16. The summed E-state index contributed by atoms with van der Waals surface area (Å²) in [6.45, 7) is 6.24. The van der Waals surface area contributed by atoms with Gasteiger partial charge in [-0.05, 0) is 46.5 Å². The first-order chi connectivity index (χ1) is 8.34. The zero-order valence-electron chi connectivity index (χ0n) is 11.5. The van der Waals surface area contributed by atoms with E-state index >= 15 is 0 Å². The van der Waals surface area contributed by atoms with Crippen LogP contribution in [0.2, 0.25) is 0 Å². The molecular weight excluding hydrogens is 230 g/mol. The lowest BCUT2D eigenvalue weighted by atomic mass is 9.91. The summed E-state index contributed by atoms with van der Waals surface area (Å²) in [5.74, 6) is 2.74. The van der Waals surface area contributed by atoms with Crippen LogP contribution in [0.4, 0.5) is 4.79 Å². The minimum Gasteiger partial charge on any atom is -0.444 e. The van der Waals surface area contributed by atoms with Crippen LogP contribution in [-0.2, 0) is 4.74 Å². The van der Waals surface area contributed by atoms with Crippen molar-refractivity contribution in [3.8, 4) is 12.3 Å². The van der Waals surface area contributed by atoms with Crippen molar-refractivity contribution in [1.29, 1.82) is 0 Å². The van der Waals surface area contributed by atoms with E-state index in [0.717, 1.165) is 12.8 Å². The van der Waals surface area contributed by atoms with Crippen molar-refractivity contribution >= 4 is 6.09 Å². The van der Waals surface area contributed by atoms with Gasteiger partial charge >= 0.3 is 6.09 Å². The van der Waals surface area contributed by atoms with E-state index < -0.39 is 11.1 Å². The molecule has 1 fully saturated rings. The zero-order valence-corrected chi connectivity index (χ0v) is 11.5. The quantitative estimate of drug-likeness (QED) is 0.784. The number of terminal acetylenes is 1. The molecule has 1 aliphatic heterocycles. The van der Waals surface area contributed by atoms with Gasteiger partial charge in [0.15, 0.2) is 0 Å². The van der Waals surface area contributed by atoms with Crippen molar-refractivity contribution in [3.05, 3.63) is 0 Å². The van der Waals surface area contributed by atoms with Crippen LogP contribution in [0.25, 0.3) is 0 Å². The first-order valence-corrected chi connectivity index (χ1v) is 6.44. The highest BCUT2D eigenvalue weighted by Gasteiger charge is 2.43. The molecule has 1 amide bonds. The van der Waals surface area contributed by atoms with Crippen LogP contribution in [0.15, 0.2) is 0 Å². The highest BCUT2D eigenvalue weighted by atomic mass is 16.6. The number of carbonyl (C=O) groups is 1. The second kappa shape index (κ2) is 5.62. The standard InChI is InChI=1S/C14H23NO3/c1-5-14(9-7-11-16)8-6-10-15(14)12(17)18-13(2,3)4/h1,16H,6-11H2,2-4H3/t14-/m0/s1. The fourth-order valence-corrected chi connectivity index (χ4v) is 2.32. The summed E-state index contributed by atoms with van der Waals surface area (Å²) < 4.78 is 5.39. The summed E-state index contributed by atoms with van der Waals surface area (Å²) >= 11 is 0. The first kappa shape index (κ1) is 14.8. The minimum absolute atomic E-state index is 0.0889. The SMILES string of the molecule is C#C[C@@]1(CCCO)CCCN1C(=O)OC(C)(C)C. The molecule has 0 spiro atoms. The molecule has 102 valence electrons. The van der Waals surface area contributed by atoms with Gasteiger partial charge in [-0.3, -0.25) is 4.90 Å². The van der Waals surface area contributed by atoms with Gasteiger partial charge in [0.25, 0.3) is 0 Å². The number of ether oxygens (including phenoxy) is 1. The third kappa shape index (κ3) is 3.39. The van der Waals surface area contributed by atoms with Gasteiger partial charge in [-0.1, -0.05) is 5.92 Å². The van der Waals surface area contributed by atoms with E-state index in [9.17, 15) is 4.79 Å². The number of amides is 1. The average Bonchev–Trinajstić information content (AvgIpc) is 2.68. The fourth-order valence-electron chi connectivity index (χ4n) is 2.32. The van der Waals surface area contributed by atoms with Gasteiger partial charge in [-0.25, -0.2) is 4.79 Å². The Morgan fingerprint density at radius 3 is 2.72 bits per heavy atom. The van der Waals surface area contributed by atoms with E-state index in [-0.39, 0.29) is 12.7 Å². The van der Waals surface area contributed by atoms with Crippen molar-refractivity contribution in [2.24, 2.45) is 0 Å². The molecule has 0 aromatic rings. The van der Waals surface area contributed by atoms with E-state index in [4.69, 9.17) is 16.3 Å². The number of nitrogens with zero attached hydrogens (tertiary/aromatic N) is 1. The molecule has 0 unspecified atom stereocenters. The van der Waals surface area contributed by atoms with Crippen LogP contribution in [-0.4, -0.2) is 40.4 Å². The number of rotatable bonds is 3. The maximum Gasteiger partial charge on any atom is 0.411 e. The molecule has 1 N–H and O–H groups in total. The molecule has 0 aromatic carbocycles. The summed E-state index contributed by atoms with van der Waals surface area (Å²) in [5, 5.41) is 8.94. The van der Waals surface area contributed by atoms with Crippen molar-refractivity contribution in [2.75, 3.05) is 13.2 Å². The van der Waals surface area contributed by atoms with E-state index in [2.05, 4.69) is 5.92 Å². The molecule has 0 saturated carbocycles. The number of hydrogen-bond donors (Lipinski definition) is 1. The second-order valence-electron chi connectivity index (χ2n) is 5.74. The number of hydrogen-bond acceptors (Lipinski definition) is 3. The maximum atomic E-state index is 12.1. The molecule has 1 atom stereocenters. The first-order valence-electron chi connectivity index (χ1n) is 6.44. The van der Waals surface area contributed by atoms with Crippen LogP contribution in [0.5, 0.6) is 0 Å². The summed E-state index contributed by atoms with van der Waals surface area (Å²) in [6, 6.07) is 0. The molecule has 1 saturated heterocycles. The third-order valence-electron chi connectivity index (χ3n) is 3.12. The van der Waals surface area contributed by atoms with E-state index in [1.807, 2.05) is 20.8 Å². The van der Waals surface area contributed by atoms with E-state index in [0.29, 0.717) is 19.4 Å². The predicted octanol–water partition coefficient (Wildman–Crippen LogP) is 2.16. The predicted molar refractivity (Wildman–Crippen MR) is 70.1 cm³/mol. The number of carbonyl (C=O) groups excluding carboxylic acids is 1. The van der Waals surface area contributed by atoms with Crippen LogP contribution in [0.1, 0.15) is 46.5 Å². The Bertz CT molecular complexity index is 340. The zero-order chi connectivity index (χ0) is 13.8. The molecule has 4 heteroatoms. The monoisotopic (exact) mass is 253 g/mol. The molecule has 1 rings (SSSR count). The van der Waals surface area contributed by atoms with Crippen molar-refractivity contribution < 1.29 is 14.6 Å². The molecule has 18 heavy (non-hydrogen) atoms. The Morgan fingerprint density at radius 2 is 2.22 bits per heavy atom. The second-order valence-corrected chi connectivity index (χ2v) is 5.74. The lowest BCUT2D eigenvalue weighted by Crippen LogP contribution is -2.48. The highest BCUT2D eigenvalue weighted by Crippen LogP contribution is 2.34. The smallest absolute Gasteiger partial charge is 0.411 e. The number of aliphatic hydroxyl groups is 1. The normalized spacial score (nSPS) is 23.8. The molecule has 0 aromatic heterocycles. The largest absolute Gasteiger partial charge is 0.444 e.